The molecule has 0 atom stereocenters. The summed E-state index contributed by atoms with van der Waals surface area (Å²) >= 11 is 0. The van der Waals surface area contributed by atoms with Crippen LogP contribution in [0.2, 0.25) is 0 Å². The molecule has 144 valence electrons. The molecule has 29 heavy (non-hydrogen) atoms. The van der Waals surface area contributed by atoms with Crippen LogP contribution in [0, 0.1) is 6.92 Å². The van der Waals surface area contributed by atoms with E-state index in [2.05, 4.69) is 20.5 Å². The minimum atomic E-state index is -1.04. The van der Waals surface area contributed by atoms with Crippen molar-refractivity contribution >= 4 is 17.6 Å². The van der Waals surface area contributed by atoms with Crippen LogP contribution in [-0.2, 0) is 0 Å². The molecule has 0 fully saturated rings. The van der Waals surface area contributed by atoms with Gasteiger partial charge >= 0.3 is 5.97 Å². The number of carbonyl (C=O) groups is 2. The summed E-state index contributed by atoms with van der Waals surface area (Å²) in [4.78, 5) is 27.8. The smallest absolute Gasteiger partial charge is 0.339 e. The van der Waals surface area contributed by atoms with Crippen molar-refractivity contribution in [3.8, 4) is 11.4 Å². The number of hydrogen-bond acceptors (Lipinski definition) is 5. The molecule has 2 heterocycles. The lowest BCUT2D eigenvalue weighted by atomic mass is 10.1. The van der Waals surface area contributed by atoms with Gasteiger partial charge < -0.3 is 10.4 Å². The number of aromatic carboxylic acids is 1. The number of carbonyl (C=O) groups excluding carboxylic acids is 1. The van der Waals surface area contributed by atoms with Gasteiger partial charge in [-0.1, -0.05) is 12.1 Å². The van der Waals surface area contributed by atoms with E-state index in [0.717, 1.165) is 5.69 Å². The molecular weight excluding hydrogens is 372 g/mol. The lowest BCUT2D eigenvalue weighted by Gasteiger charge is -2.10. The van der Waals surface area contributed by atoms with Gasteiger partial charge in [-0.15, -0.1) is 0 Å². The maximum atomic E-state index is 12.7. The van der Waals surface area contributed by atoms with Crippen molar-refractivity contribution < 1.29 is 14.7 Å². The van der Waals surface area contributed by atoms with Gasteiger partial charge in [-0.25, -0.2) is 19.1 Å². The third kappa shape index (κ3) is 3.61. The number of nitrogens with zero attached hydrogens (tertiary/aromatic N) is 5. The van der Waals surface area contributed by atoms with Crippen molar-refractivity contribution in [1.29, 1.82) is 0 Å². The highest BCUT2D eigenvalue weighted by Crippen LogP contribution is 2.19. The normalized spacial score (nSPS) is 10.7. The topological polar surface area (TPSA) is 115 Å². The summed E-state index contributed by atoms with van der Waals surface area (Å²) < 4.78 is 3.09. The molecular formula is C20H16N6O3. The van der Waals surface area contributed by atoms with E-state index >= 15 is 0 Å². The molecule has 2 aromatic heterocycles. The number of benzene rings is 2. The number of nitrogens with one attached hydrogen (secondary N) is 1. The van der Waals surface area contributed by atoms with E-state index in [1.165, 1.54) is 17.2 Å². The van der Waals surface area contributed by atoms with Crippen molar-refractivity contribution in [3.05, 3.63) is 84.2 Å². The second-order valence-electron chi connectivity index (χ2n) is 6.26. The zero-order valence-corrected chi connectivity index (χ0v) is 15.4. The maximum Gasteiger partial charge on any atom is 0.339 e. The second-order valence-corrected chi connectivity index (χ2v) is 6.26. The van der Waals surface area contributed by atoms with Crippen LogP contribution in [-0.4, -0.2) is 41.5 Å². The second kappa shape index (κ2) is 7.39. The number of anilines is 1. The fourth-order valence-electron chi connectivity index (χ4n) is 2.93. The van der Waals surface area contributed by atoms with E-state index in [4.69, 9.17) is 0 Å². The SMILES string of the molecule is Cc1c(C(=O)O)cnn1-c1cccc(NC(=O)c2cccc(-n3cncn3)c2)c1. The van der Waals surface area contributed by atoms with Crippen LogP contribution in [0.3, 0.4) is 0 Å². The molecule has 2 aromatic carbocycles. The van der Waals surface area contributed by atoms with Gasteiger partial charge in [-0.2, -0.15) is 10.2 Å². The molecule has 0 saturated heterocycles. The summed E-state index contributed by atoms with van der Waals surface area (Å²) in [6, 6.07) is 14.0. The summed E-state index contributed by atoms with van der Waals surface area (Å²) in [6.07, 6.45) is 4.28. The molecule has 0 aliphatic rings. The third-order valence-corrected chi connectivity index (χ3v) is 4.38. The van der Waals surface area contributed by atoms with Crippen LogP contribution in [0.5, 0.6) is 0 Å². The van der Waals surface area contributed by atoms with Gasteiger partial charge in [0.15, 0.2) is 0 Å². The van der Waals surface area contributed by atoms with E-state index in [-0.39, 0.29) is 11.5 Å². The Hall–Kier alpha value is -4.27. The van der Waals surface area contributed by atoms with Crippen LogP contribution >= 0.6 is 0 Å². The summed E-state index contributed by atoms with van der Waals surface area (Å²) in [5.41, 5.74) is 3.02. The Labute approximate surface area is 165 Å². The Kier molecular flexibility index (Phi) is 4.62. The Morgan fingerprint density at radius 3 is 2.55 bits per heavy atom. The van der Waals surface area contributed by atoms with E-state index < -0.39 is 5.97 Å². The summed E-state index contributed by atoms with van der Waals surface area (Å²) in [5, 5.41) is 20.2. The molecule has 2 N–H and O–H groups in total. The van der Waals surface area contributed by atoms with Crippen molar-refractivity contribution in [1.82, 2.24) is 24.5 Å². The molecule has 4 rings (SSSR count). The minimum Gasteiger partial charge on any atom is -0.478 e. The summed E-state index contributed by atoms with van der Waals surface area (Å²) in [7, 11) is 0. The van der Waals surface area contributed by atoms with E-state index in [1.807, 2.05) is 6.07 Å². The van der Waals surface area contributed by atoms with Gasteiger partial charge in [0.05, 0.1) is 23.3 Å². The monoisotopic (exact) mass is 388 g/mol. The van der Waals surface area contributed by atoms with Crippen LogP contribution in [0.25, 0.3) is 11.4 Å². The molecule has 1 amide bonds. The Balaban J connectivity index is 1.58. The van der Waals surface area contributed by atoms with Crippen molar-refractivity contribution in [2.24, 2.45) is 0 Å². The number of hydrogen-bond donors (Lipinski definition) is 2. The molecule has 0 bridgehead atoms. The number of rotatable bonds is 5. The number of carboxylic acid groups (broad SMARTS) is 1. The maximum absolute atomic E-state index is 12.7. The summed E-state index contributed by atoms with van der Waals surface area (Å²) in [5.74, 6) is -1.32. The van der Waals surface area contributed by atoms with Gasteiger partial charge in [0.1, 0.15) is 18.2 Å². The average Bonchev–Trinajstić information content (AvgIpc) is 3.38. The van der Waals surface area contributed by atoms with Gasteiger partial charge in [0.2, 0.25) is 0 Å². The highest BCUT2D eigenvalue weighted by molar-refractivity contribution is 6.04. The average molecular weight is 388 g/mol. The number of amides is 1. The largest absolute Gasteiger partial charge is 0.478 e. The lowest BCUT2D eigenvalue weighted by Crippen LogP contribution is -2.13. The van der Waals surface area contributed by atoms with Crippen LogP contribution in [0.4, 0.5) is 5.69 Å². The molecule has 9 heteroatoms. The molecule has 0 saturated carbocycles. The molecule has 4 aromatic rings. The Morgan fingerprint density at radius 2 is 1.83 bits per heavy atom. The van der Waals surface area contributed by atoms with E-state index in [9.17, 15) is 14.7 Å². The third-order valence-electron chi connectivity index (χ3n) is 4.38. The first-order valence-corrected chi connectivity index (χ1v) is 8.68. The predicted octanol–water partition coefficient (Wildman–Crippen LogP) is 2.71. The number of carboxylic acids is 1. The fraction of sp³-hybridized carbons (Fsp3) is 0.0500. The van der Waals surface area contributed by atoms with Gasteiger partial charge in [0.25, 0.3) is 5.91 Å². The zero-order chi connectivity index (χ0) is 20.4. The van der Waals surface area contributed by atoms with Gasteiger partial charge in [-0.05, 0) is 43.3 Å². The van der Waals surface area contributed by atoms with E-state index in [1.54, 1.807) is 60.4 Å². The fourth-order valence-corrected chi connectivity index (χ4v) is 2.93. The zero-order valence-electron chi connectivity index (χ0n) is 15.4. The molecule has 0 aliphatic carbocycles. The standard InChI is InChI=1S/C20H16N6O3/c1-13-18(20(28)29)10-22-26(13)17-7-3-5-15(9-17)24-19(27)14-4-2-6-16(8-14)25-12-21-11-23-25/h2-12H,1H3,(H,24,27)(H,28,29). The molecule has 9 nitrogen and oxygen atoms in total. The first-order chi connectivity index (χ1) is 14.0. The predicted molar refractivity (Wildman–Crippen MR) is 105 cm³/mol. The number of aromatic nitrogens is 5. The highest BCUT2D eigenvalue weighted by atomic mass is 16.4. The van der Waals surface area contributed by atoms with Crippen molar-refractivity contribution in [3.63, 3.8) is 0 Å². The van der Waals surface area contributed by atoms with E-state index in [0.29, 0.717) is 22.6 Å². The Morgan fingerprint density at radius 1 is 1.03 bits per heavy atom. The highest BCUT2D eigenvalue weighted by Gasteiger charge is 2.14. The van der Waals surface area contributed by atoms with Crippen LogP contribution in [0.1, 0.15) is 26.4 Å². The first-order valence-electron chi connectivity index (χ1n) is 8.68. The summed E-state index contributed by atoms with van der Waals surface area (Å²) in [6.45, 7) is 1.68. The van der Waals surface area contributed by atoms with Gasteiger partial charge in [0, 0.05) is 11.3 Å². The molecule has 0 aliphatic heterocycles. The quantitative estimate of drug-likeness (QED) is 0.543. The molecule has 0 radical (unpaired) electrons. The van der Waals surface area contributed by atoms with Crippen LogP contribution < -0.4 is 5.32 Å². The molecule has 0 spiro atoms. The minimum absolute atomic E-state index is 0.129. The molecule has 0 unspecified atom stereocenters. The van der Waals surface area contributed by atoms with Crippen molar-refractivity contribution in [2.45, 2.75) is 6.92 Å². The Bertz CT molecular complexity index is 1200. The van der Waals surface area contributed by atoms with Crippen LogP contribution in [0.15, 0.2) is 67.4 Å². The van der Waals surface area contributed by atoms with Crippen molar-refractivity contribution in [2.75, 3.05) is 5.32 Å². The van der Waals surface area contributed by atoms with Gasteiger partial charge in [-0.3, -0.25) is 4.79 Å². The first kappa shape index (κ1) is 18.1. The lowest BCUT2D eigenvalue weighted by molar-refractivity contribution is 0.0696.